The number of nitrogens with one attached hydrogen (secondary N) is 1. The lowest BCUT2D eigenvalue weighted by Crippen LogP contribution is -2.17. The maximum atomic E-state index is 12.4. The van der Waals surface area contributed by atoms with Crippen molar-refractivity contribution in [3.63, 3.8) is 0 Å². The Kier molecular flexibility index (Phi) is 4.23. The molecule has 0 fully saturated rings. The fourth-order valence-electron chi connectivity index (χ4n) is 2.04. The van der Waals surface area contributed by atoms with Gasteiger partial charge in [-0.2, -0.15) is 0 Å². The first-order valence-corrected chi connectivity index (χ1v) is 8.13. The molecule has 0 aliphatic carbocycles. The monoisotopic (exact) mass is 319 g/mol. The molecule has 0 unspecified atom stereocenters. The van der Waals surface area contributed by atoms with E-state index in [2.05, 4.69) is 4.72 Å². The minimum absolute atomic E-state index is 0.0706. The maximum absolute atomic E-state index is 12.4. The van der Waals surface area contributed by atoms with Crippen molar-refractivity contribution in [1.29, 1.82) is 0 Å². The highest BCUT2D eigenvalue weighted by molar-refractivity contribution is 7.92. The number of carboxylic acid groups (broad SMARTS) is 1. The summed E-state index contributed by atoms with van der Waals surface area (Å²) >= 11 is 0. The molecule has 2 aromatic rings. The summed E-state index contributed by atoms with van der Waals surface area (Å²) in [6.07, 6.45) is 0. The van der Waals surface area contributed by atoms with Crippen LogP contribution >= 0.6 is 0 Å². The molecule has 0 aromatic heterocycles. The van der Waals surface area contributed by atoms with Gasteiger partial charge in [-0.25, -0.2) is 13.2 Å². The number of carboxylic acids is 1. The van der Waals surface area contributed by atoms with Gasteiger partial charge in [0, 0.05) is 0 Å². The van der Waals surface area contributed by atoms with Gasteiger partial charge in [0.2, 0.25) is 0 Å². The molecular weight excluding hydrogens is 302 g/mol. The van der Waals surface area contributed by atoms with Crippen LogP contribution in [-0.4, -0.2) is 19.5 Å². The SMILES string of the molecule is Cc1ccc(S(=O)(=O)Nc2c(C(=O)O)ccc(C)c2C)cc1. The Labute approximate surface area is 129 Å². The van der Waals surface area contributed by atoms with E-state index in [1.807, 2.05) is 6.92 Å². The van der Waals surface area contributed by atoms with Gasteiger partial charge in [0.1, 0.15) is 0 Å². The van der Waals surface area contributed by atoms with Crippen molar-refractivity contribution >= 4 is 21.7 Å². The summed E-state index contributed by atoms with van der Waals surface area (Å²) < 4.78 is 27.3. The lowest BCUT2D eigenvalue weighted by molar-refractivity contribution is 0.0698. The Morgan fingerprint density at radius 3 is 2.14 bits per heavy atom. The maximum Gasteiger partial charge on any atom is 0.337 e. The van der Waals surface area contributed by atoms with Crippen molar-refractivity contribution in [3.05, 3.63) is 58.7 Å². The van der Waals surface area contributed by atoms with Crippen molar-refractivity contribution in [1.82, 2.24) is 0 Å². The zero-order chi connectivity index (χ0) is 16.5. The molecule has 0 atom stereocenters. The summed E-state index contributed by atoms with van der Waals surface area (Å²) in [6, 6.07) is 9.41. The van der Waals surface area contributed by atoms with Crippen molar-refractivity contribution in [3.8, 4) is 0 Å². The highest BCUT2D eigenvalue weighted by atomic mass is 32.2. The van der Waals surface area contributed by atoms with E-state index in [-0.39, 0.29) is 16.1 Å². The molecule has 0 heterocycles. The highest BCUT2D eigenvalue weighted by Gasteiger charge is 2.20. The topological polar surface area (TPSA) is 83.5 Å². The smallest absolute Gasteiger partial charge is 0.337 e. The van der Waals surface area contributed by atoms with Gasteiger partial charge in [-0.05, 0) is 50.1 Å². The number of sulfonamides is 1. The van der Waals surface area contributed by atoms with Crippen molar-refractivity contribution in [2.75, 3.05) is 4.72 Å². The first-order chi connectivity index (χ1) is 10.2. The molecule has 0 spiro atoms. The minimum atomic E-state index is -3.84. The predicted molar refractivity (Wildman–Crippen MR) is 84.9 cm³/mol. The first kappa shape index (κ1) is 16.0. The zero-order valence-corrected chi connectivity index (χ0v) is 13.4. The molecule has 0 bridgehead atoms. The third kappa shape index (κ3) is 3.12. The number of hydrogen-bond donors (Lipinski definition) is 2. The lowest BCUT2D eigenvalue weighted by Gasteiger charge is -2.15. The van der Waals surface area contributed by atoms with E-state index in [0.29, 0.717) is 5.56 Å². The molecule has 0 saturated carbocycles. The van der Waals surface area contributed by atoms with Gasteiger partial charge in [-0.3, -0.25) is 4.72 Å². The first-order valence-electron chi connectivity index (χ1n) is 6.65. The molecule has 0 amide bonds. The number of hydrogen-bond acceptors (Lipinski definition) is 3. The third-order valence-electron chi connectivity index (χ3n) is 3.53. The van der Waals surface area contributed by atoms with E-state index in [1.165, 1.54) is 18.2 Å². The molecule has 2 N–H and O–H groups in total. The Morgan fingerprint density at radius 2 is 1.59 bits per heavy atom. The van der Waals surface area contributed by atoms with Gasteiger partial charge in [-0.15, -0.1) is 0 Å². The van der Waals surface area contributed by atoms with Gasteiger partial charge in [0.15, 0.2) is 0 Å². The average molecular weight is 319 g/mol. The van der Waals surface area contributed by atoms with E-state index in [9.17, 15) is 18.3 Å². The average Bonchev–Trinajstić information content (AvgIpc) is 2.44. The summed E-state index contributed by atoms with van der Waals surface area (Å²) in [5, 5.41) is 9.25. The van der Waals surface area contributed by atoms with E-state index in [4.69, 9.17) is 0 Å². The fourth-order valence-corrected chi connectivity index (χ4v) is 3.18. The second-order valence-corrected chi connectivity index (χ2v) is 6.84. The summed E-state index contributed by atoms with van der Waals surface area (Å²) in [5.74, 6) is -1.18. The van der Waals surface area contributed by atoms with Crippen LogP contribution in [0.3, 0.4) is 0 Å². The van der Waals surface area contributed by atoms with Crippen molar-refractivity contribution < 1.29 is 18.3 Å². The van der Waals surface area contributed by atoms with Gasteiger partial charge >= 0.3 is 5.97 Å². The molecule has 0 radical (unpaired) electrons. The van der Waals surface area contributed by atoms with E-state index in [0.717, 1.165) is 11.1 Å². The molecule has 0 saturated heterocycles. The molecule has 2 rings (SSSR count). The Balaban J connectivity index is 2.52. The summed E-state index contributed by atoms with van der Waals surface area (Å²) in [5.41, 5.74) is 2.38. The number of anilines is 1. The Bertz CT molecular complexity index is 824. The number of aromatic carboxylic acids is 1. The van der Waals surface area contributed by atoms with Crippen LogP contribution in [0.15, 0.2) is 41.3 Å². The van der Waals surface area contributed by atoms with Crippen LogP contribution in [0.1, 0.15) is 27.0 Å². The van der Waals surface area contributed by atoms with Crippen LogP contribution in [0.25, 0.3) is 0 Å². The van der Waals surface area contributed by atoms with E-state index < -0.39 is 16.0 Å². The summed E-state index contributed by atoms with van der Waals surface area (Å²) in [4.78, 5) is 11.4. The van der Waals surface area contributed by atoms with Gasteiger partial charge < -0.3 is 5.11 Å². The van der Waals surface area contributed by atoms with Crippen LogP contribution in [0, 0.1) is 20.8 Å². The van der Waals surface area contributed by atoms with E-state index in [1.54, 1.807) is 32.0 Å². The van der Waals surface area contributed by atoms with Gasteiger partial charge in [0.25, 0.3) is 10.0 Å². The van der Waals surface area contributed by atoms with Crippen LogP contribution < -0.4 is 4.72 Å². The number of benzene rings is 2. The molecule has 6 heteroatoms. The zero-order valence-electron chi connectivity index (χ0n) is 12.5. The van der Waals surface area contributed by atoms with E-state index >= 15 is 0 Å². The quantitative estimate of drug-likeness (QED) is 0.907. The Morgan fingerprint density at radius 1 is 1.00 bits per heavy atom. The normalized spacial score (nSPS) is 11.2. The molecule has 2 aromatic carbocycles. The summed E-state index contributed by atoms with van der Waals surface area (Å²) in [7, 11) is -3.84. The molecule has 116 valence electrons. The largest absolute Gasteiger partial charge is 0.478 e. The Hall–Kier alpha value is -2.34. The van der Waals surface area contributed by atoms with Gasteiger partial charge in [0.05, 0.1) is 16.1 Å². The van der Waals surface area contributed by atoms with Crippen molar-refractivity contribution in [2.24, 2.45) is 0 Å². The highest BCUT2D eigenvalue weighted by Crippen LogP contribution is 2.27. The van der Waals surface area contributed by atoms with Crippen LogP contribution in [0.4, 0.5) is 5.69 Å². The van der Waals surface area contributed by atoms with Gasteiger partial charge in [-0.1, -0.05) is 23.8 Å². The third-order valence-corrected chi connectivity index (χ3v) is 4.90. The van der Waals surface area contributed by atoms with Crippen LogP contribution in [0.5, 0.6) is 0 Å². The minimum Gasteiger partial charge on any atom is -0.478 e. The predicted octanol–water partition coefficient (Wildman–Crippen LogP) is 3.11. The number of carbonyl (C=O) groups is 1. The lowest BCUT2D eigenvalue weighted by atomic mass is 10.0. The van der Waals surface area contributed by atoms with Crippen LogP contribution in [-0.2, 0) is 10.0 Å². The molecule has 5 nitrogen and oxygen atoms in total. The summed E-state index contributed by atoms with van der Waals surface area (Å²) in [6.45, 7) is 5.34. The molecular formula is C16H17NO4S. The van der Waals surface area contributed by atoms with Crippen LogP contribution in [0.2, 0.25) is 0 Å². The second-order valence-electron chi connectivity index (χ2n) is 5.15. The number of aryl methyl sites for hydroxylation is 2. The molecule has 22 heavy (non-hydrogen) atoms. The molecule has 0 aliphatic heterocycles. The fraction of sp³-hybridized carbons (Fsp3) is 0.188. The van der Waals surface area contributed by atoms with Crippen molar-refractivity contribution in [2.45, 2.75) is 25.7 Å². The second kappa shape index (κ2) is 5.81. The standard InChI is InChI=1S/C16H17NO4S/c1-10-4-7-13(8-5-10)22(20,21)17-15-12(3)11(2)6-9-14(15)16(18)19/h4-9,17H,1-3H3,(H,18,19). The number of rotatable bonds is 4. The molecule has 0 aliphatic rings.